The van der Waals surface area contributed by atoms with E-state index in [1.54, 1.807) is 19.0 Å². The molecule has 4 aliphatic rings. The van der Waals surface area contributed by atoms with Crippen LogP contribution in [0.3, 0.4) is 0 Å². The van der Waals surface area contributed by atoms with Crippen LogP contribution in [0.1, 0.15) is 42.3 Å². The second kappa shape index (κ2) is 4.83. The van der Waals surface area contributed by atoms with Gasteiger partial charge in [0.25, 0.3) is 0 Å². The third kappa shape index (κ3) is 1.97. The van der Waals surface area contributed by atoms with E-state index in [-0.39, 0.29) is 29.7 Å². The molecule has 1 aromatic carbocycles. The van der Waals surface area contributed by atoms with E-state index in [0.717, 1.165) is 19.4 Å². The van der Waals surface area contributed by atoms with Crippen LogP contribution in [-0.4, -0.2) is 42.3 Å². The summed E-state index contributed by atoms with van der Waals surface area (Å²) >= 11 is 0. The normalized spacial score (nSPS) is 31.6. The van der Waals surface area contributed by atoms with E-state index in [0.29, 0.717) is 5.92 Å². The van der Waals surface area contributed by atoms with E-state index in [2.05, 4.69) is 29.2 Å². The zero-order valence-corrected chi connectivity index (χ0v) is 13.2. The Morgan fingerprint density at radius 2 is 1.82 bits per heavy atom. The Hall–Kier alpha value is -1.84. The van der Waals surface area contributed by atoms with E-state index in [9.17, 15) is 9.59 Å². The quantitative estimate of drug-likeness (QED) is 0.839. The zero-order valence-electron chi connectivity index (χ0n) is 13.2. The molecule has 2 fully saturated rings. The van der Waals surface area contributed by atoms with Crippen LogP contribution in [0.5, 0.6) is 0 Å². The Morgan fingerprint density at radius 1 is 1.09 bits per heavy atom. The van der Waals surface area contributed by atoms with E-state index in [1.807, 2.05) is 0 Å². The molecular formula is C18H22N2O2. The highest BCUT2D eigenvalue weighted by molar-refractivity contribution is 5.92. The average molecular weight is 298 g/mol. The number of carbonyl (C=O) groups excluding carboxylic acids is 2. The summed E-state index contributed by atoms with van der Waals surface area (Å²) < 4.78 is 0. The number of piperidine rings is 1. The Balaban J connectivity index is 1.54. The lowest BCUT2D eigenvalue weighted by Gasteiger charge is -2.46. The Kier molecular flexibility index (Phi) is 3.03. The van der Waals surface area contributed by atoms with Gasteiger partial charge in [-0.25, -0.2) is 0 Å². The number of carbonyl (C=O) groups is 2. The van der Waals surface area contributed by atoms with Crippen LogP contribution < -0.4 is 0 Å². The van der Waals surface area contributed by atoms with Crippen molar-refractivity contribution in [3.8, 4) is 0 Å². The van der Waals surface area contributed by atoms with Crippen molar-refractivity contribution < 1.29 is 9.59 Å². The molecule has 0 unspecified atom stereocenters. The Morgan fingerprint density at radius 3 is 2.55 bits per heavy atom. The maximum Gasteiger partial charge on any atom is 0.227 e. The Bertz CT molecular complexity index is 640. The van der Waals surface area contributed by atoms with Crippen LogP contribution >= 0.6 is 0 Å². The first-order valence-electron chi connectivity index (χ1n) is 8.18. The van der Waals surface area contributed by atoms with Crippen LogP contribution in [0, 0.1) is 11.8 Å². The molecule has 22 heavy (non-hydrogen) atoms. The highest BCUT2D eigenvalue weighted by Crippen LogP contribution is 2.50. The molecule has 116 valence electrons. The molecule has 2 heterocycles. The Labute approximate surface area is 131 Å². The van der Waals surface area contributed by atoms with Gasteiger partial charge in [-0.2, -0.15) is 0 Å². The van der Waals surface area contributed by atoms with E-state index in [1.165, 1.54) is 17.5 Å². The standard InChI is InChI=1S/C18H22N2O2/c1-19(2)17(21)14-9-15(14)18(22)20-10-11-7-8-16(20)13-6-4-3-5-12(11)13/h3-6,11,14-16H,7-10H2,1-2H3/t11-,14-,15+,16+/m1/s1. The maximum atomic E-state index is 12.9. The fourth-order valence-electron chi connectivity index (χ4n) is 4.26. The topological polar surface area (TPSA) is 40.6 Å². The lowest BCUT2D eigenvalue weighted by molar-refractivity contribution is -0.140. The minimum atomic E-state index is -0.0850. The lowest BCUT2D eigenvalue weighted by atomic mass is 9.75. The molecule has 0 N–H and O–H groups in total. The molecule has 1 aromatic rings. The van der Waals surface area contributed by atoms with Gasteiger partial charge < -0.3 is 9.80 Å². The molecule has 5 rings (SSSR count). The summed E-state index contributed by atoms with van der Waals surface area (Å²) in [4.78, 5) is 28.5. The second-order valence-corrected chi connectivity index (χ2v) is 7.09. The average Bonchev–Trinajstić information content (AvgIpc) is 3.34. The van der Waals surface area contributed by atoms with Gasteiger partial charge in [-0.15, -0.1) is 0 Å². The molecule has 0 aromatic heterocycles. The number of rotatable bonds is 2. The highest BCUT2D eigenvalue weighted by Gasteiger charge is 2.52. The number of hydrogen-bond donors (Lipinski definition) is 0. The SMILES string of the molecule is CN(C)C(=O)[C@@H]1C[C@@H]1C(=O)N1C[C@H]2CC[C@H]1c1ccccc12. The lowest BCUT2D eigenvalue weighted by Crippen LogP contribution is -2.46. The molecule has 2 amide bonds. The van der Waals surface area contributed by atoms with E-state index >= 15 is 0 Å². The number of benzene rings is 1. The summed E-state index contributed by atoms with van der Waals surface area (Å²) in [5.74, 6) is 0.608. The maximum absolute atomic E-state index is 12.9. The largest absolute Gasteiger partial charge is 0.349 e. The van der Waals surface area contributed by atoms with Gasteiger partial charge in [0, 0.05) is 26.6 Å². The number of amides is 2. The van der Waals surface area contributed by atoms with Crippen molar-refractivity contribution in [3.63, 3.8) is 0 Å². The summed E-state index contributed by atoms with van der Waals surface area (Å²) in [7, 11) is 3.53. The summed E-state index contributed by atoms with van der Waals surface area (Å²) in [6.45, 7) is 0.833. The minimum Gasteiger partial charge on any atom is -0.349 e. The molecule has 2 bridgehead atoms. The summed E-state index contributed by atoms with van der Waals surface area (Å²) in [5.41, 5.74) is 2.76. The van der Waals surface area contributed by atoms with Crippen molar-refractivity contribution in [1.82, 2.24) is 9.80 Å². The first kappa shape index (κ1) is 13.8. The summed E-state index contributed by atoms with van der Waals surface area (Å²) in [5, 5.41) is 0. The van der Waals surface area contributed by atoms with Crippen molar-refractivity contribution in [2.24, 2.45) is 11.8 Å². The molecule has 4 atom stereocenters. The van der Waals surface area contributed by atoms with Gasteiger partial charge in [-0.3, -0.25) is 9.59 Å². The van der Waals surface area contributed by atoms with Crippen molar-refractivity contribution in [2.75, 3.05) is 20.6 Å². The molecule has 0 spiro atoms. The molecule has 0 radical (unpaired) electrons. The zero-order chi connectivity index (χ0) is 15.4. The van der Waals surface area contributed by atoms with Gasteiger partial charge in [0.2, 0.25) is 11.8 Å². The summed E-state index contributed by atoms with van der Waals surface area (Å²) in [6.07, 6.45) is 2.97. The van der Waals surface area contributed by atoms with Crippen LogP contribution in [0.25, 0.3) is 0 Å². The number of fused-ring (bicyclic) bond motifs is 2. The van der Waals surface area contributed by atoms with Crippen molar-refractivity contribution in [3.05, 3.63) is 35.4 Å². The van der Waals surface area contributed by atoms with E-state index in [4.69, 9.17) is 0 Å². The smallest absolute Gasteiger partial charge is 0.227 e. The van der Waals surface area contributed by atoms with Crippen molar-refractivity contribution in [2.45, 2.75) is 31.2 Å². The van der Waals surface area contributed by atoms with Gasteiger partial charge in [0.1, 0.15) is 0 Å². The molecule has 2 aliphatic heterocycles. The molecule has 1 saturated carbocycles. The fraction of sp³-hybridized carbons (Fsp3) is 0.556. The molecule has 2 aliphatic carbocycles. The van der Waals surface area contributed by atoms with Gasteiger partial charge in [0.05, 0.1) is 17.9 Å². The van der Waals surface area contributed by atoms with E-state index < -0.39 is 0 Å². The molecular weight excluding hydrogens is 276 g/mol. The fourth-order valence-corrected chi connectivity index (χ4v) is 4.26. The second-order valence-electron chi connectivity index (χ2n) is 7.09. The van der Waals surface area contributed by atoms with Crippen LogP contribution in [-0.2, 0) is 9.59 Å². The summed E-state index contributed by atoms with van der Waals surface area (Å²) in [6, 6.07) is 8.77. The monoisotopic (exact) mass is 298 g/mol. The molecule has 4 heteroatoms. The van der Waals surface area contributed by atoms with Gasteiger partial charge >= 0.3 is 0 Å². The van der Waals surface area contributed by atoms with Crippen molar-refractivity contribution in [1.29, 1.82) is 0 Å². The molecule has 1 saturated heterocycles. The first-order valence-corrected chi connectivity index (χ1v) is 8.18. The third-order valence-electron chi connectivity index (χ3n) is 5.53. The minimum absolute atomic E-state index is 0.0820. The third-order valence-corrected chi connectivity index (χ3v) is 5.53. The highest BCUT2D eigenvalue weighted by atomic mass is 16.2. The van der Waals surface area contributed by atoms with Gasteiger partial charge in [0.15, 0.2) is 0 Å². The molecule has 4 nitrogen and oxygen atoms in total. The van der Waals surface area contributed by atoms with Crippen LogP contribution in [0.2, 0.25) is 0 Å². The predicted molar refractivity (Wildman–Crippen MR) is 83.2 cm³/mol. The number of hydrogen-bond acceptors (Lipinski definition) is 2. The van der Waals surface area contributed by atoms with Crippen molar-refractivity contribution >= 4 is 11.8 Å². The van der Waals surface area contributed by atoms with Crippen LogP contribution in [0.15, 0.2) is 24.3 Å². The number of nitrogens with zero attached hydrogens (tertiary/aromatic N) is 2. The first-order chi connectivity index (χ1) is 10.6. The van der Waals surface area contributed by atoms with Gasteiger partial charge in [-0.05, 0) is 30.4 Å². The predicted octanol–water partition coefficient (Wildman–Crippen LogP) is 2.17. The van der Waals surface area contributed by atoms with Crippen LogP contribution in [0.4, 0.5) is 0 Å². The van der Waals surface area contributed by atoms with Gasteiger partial charge in [-0.1, -0.05) is 24.3 Å².